The van der Waals surface area contributed by atoms with Crippen LogP contribution >= 0.6 is 0 Å². The molecule has 0 aromatic heterocycles. The molecule has 1 aromatic carbocycles. The molecule has 1 unspecified atom stereocenters. The van der Waals surface area contributed by atoms with Crippen molar-refractivity contribution in [2.45, 2.75) is 29.1 Å². The summed E-state index contributed by atoms with van der Waals surface area (Å²) >= 11 is 0. The molecule has 6 heteroatoms. The lowest BCUT2D eigenvalue weighted by Gasteiger charge is -2.10. The highest BCUT2D eigenvalue weighted by Crippen LogP contribution is 2.34. The Kier molecular flexibility index (Phi) is 3.20. The Bertz CT molecular complexity index is 526. The van der Waals surface area contributed by atoms with E-state index in [-0.39, 0.29) is 11.4 Å². The Morgan fingerprint density at radius 1 is 1.47 bits per heavy atom. The number of aliphatic hydroxyl groups is 1. The Morgan fingerprint density at radius 3 is 2.59 bits per heavy atom. The van der Waals surface area contributed by atoms with E-state index in [1.165, 1.54) is 12.1 Å². The molecule has 0 bridgehead atoms. The van der Waals surface area contributed by atoms with Crippen LogP contribution in [0.3, 0.4) is 0 Å². The molecule has 4 nitrogen and oxygen atoms in total. The molecule has 1 saturated carbocycles. The van der Waals surface area contributed by atoms with Crippen LogP contribution in [0.25, 0.3) is 0 Å². The summed E-state index contributed by atoms with van der Waals surface area (Å²) in [6, 6.07) is 3.64. The topological polar surface area (TPSA) is 80.4 Å². The van der Waals surface area contributed by atoms with Crippen LogP contribution in [0.15, 0.2) is 23.1 Å². The average Bonchev–Trinajstić information content (AvgIpc) is 3.11. The van der Waals surface area contributed by atoms with Gasteiger partial charge in [0.15, 0.2) is 9.84 Å². The smallest absolute Gasteiger partial charge is 0.184 e. The molecule has 1 aliphatic carbocycles. The highest BCUT2D eigenvalue weighted by molar-refractivity contribution is 7.92. The van der Waals surface area contributed by atoms with E-state index in [0.717, 1.165) is 6.07 Å². The molecule has 0 radical (unpaired) electrons. The molecule has 0 heterocycles. The number of hydrogen-bond acceptors (Lipinski definition) is 4. The Morgan fingerprint density at radius 2 is 2.12 bits per heavy atom. The van der Waals surface area contributed by atoms with Crippen LogP contribution in [-0.4, -0.2) is 25.3 Å². The zero-order valence-corrected chi connectivity index (χ0v) is 9.95. The summed E-state index contributed by atoms with van der Waals surface area (Å²) in [6.07, 6.45) is 0.214. The fourth-order valence-corrected chi connectivity index (χ4v) is 3.35. The van der Waals surface area contributed by atoms with Gasteiger partial charge in [-0.2, -0.15) is 0 Å². The molecular weight excluding hydrogens is 245 g/mol. The zero-order chi connectivity index (χ0) is 12.6. The van der Waals surface area contributed by atoms with Crippen molar-refractivity contribution in [2.24, 2.45) is 5.73 Å². The van der Waals surface area contributed by atoms with Gasteiger partial charge in [0.1, 0.15) is 10.7 Å². The number of hydrogen-bond donors (Lipinski definition) is 2. The second kappa shape index (κ2) is 4.36. The first-order valence-corrected chi connectivity index (χ1v) is 6.93. The van der Waals surface area contributed by atoms with E-state index in [0.29, 0.717) is 18.4 Å². The molecule has 2 rings (SSSR count). The van der Waals surface area contributed by atoms with Crippen molar-refractivity contribution in [1.82, 2.24) is 0 Å². The molecule has 17 heavy (non-hydrogen) atoms. The van der Waals surface area contributed by atoms with E-state index in [1.54, 1.807) is 0 Å². The summed E-state index contributed by atoms with van der Waals surface area (Å²) in [5.41, 5.74) is 5.54. The first-order chi connectivity index (χ1) is 7.96. The van der Waals surface area contributed by atoms with Crippen molar-refractivity contribution in [3.8, 4) is 0 Å². The molecule has 0 spiro atoms. The van der Waals surface area contributed by atoms with Gasteiger partial charge in [-0.15, -0.1) is 0 Å². The van der Waals surface area contributed by atoms with Crippen molar-refractivity contribution in [3.05, 3.63) is 29.6 Å². The van der Waals surface area contributed by atoms with E-state index < -0.39 is 27.0 Å². The van der Waals surface area contributed by atoms with Gasteiger partial charge in [0, 0.05) is 6.54 Å². The van der Waals surface area contributed by atoms with Crippen molar-refractivity contribution in [3.63, 3.8) is 0 Å². The maximum absolute atomic E-state index is 13.7. The minimum atomic E-state index is -3.53. The summed E-state index contributed by atoms with van der Waals surface area (Å²) in [7, 11) is -3.53. The third-order valence-electron chi connectivity index (χ3n) is 2.83. The highest BCUT2D eigenvalue weighted by Gasteiger charge is 2.38. The van der Waals surface area contributed by atoms with E-state index in [2.05, 4.69) is 0 Å². The van der Waals surface area contributed by atoms with E-state index in [4.69, 9.17) is 5.73 Å². The van der Waals surface area contributed by atoms with E-state index in [9.17, 15) is 17.9 Å². The molecule has 1 atom stereocenters. The van der Waals surface area contributed by atoms with Gasteiger partial charge < -0.3 is 10.8 Å². The van der Waals surface area contributed by atoms with Crippen LogP contribution in [0.4, 0.5) is 4.39 Å². The number of aliphatic hydroxyl groups excluding tert-OH is 1. The average molecular weight is 259 g/mol. The molecular formula is C11H14FNO3S. The highest BCUT2D eigenvalue weighted by atomic mass is 32.2. The van der Waals surface area contributed by atoms with Crippen LogP contribution in [0.5, 0.6) is 0 Å². The van der Waals surface area contributed by atoms with Gasteiger partial charge in [0.05, 0.1) is 11.4 Å². The fourth-order valence-electron chi connectivity index (χ4n) is 1.65. The van der Waals surface area contributed by atoms with Crippen molar-refractivity contribution >= 4 is 9.84 Å². The summed E-state index contributed by atoms with van der Waals surface area (Å²) in [5, 5.41) is 8.99. The predicted molar refractivity (Wildman–Crippen MR) is 60.6 cm³/mol. The van der Waals surface area contributed by atoms with Gasteiger partial charge in [0.2, 0.25) is 0 Å². The van der Waals surface area contributed by atoms with Crippen molar-refractivity contribution in [1.29, 1.82) is 0 Å². The fraction of sp³-hybridized carbons (Fsp3) is 0.455. The molecule has 1 aromatic rings. The van der Waals surface area contributed by atoms with E-state index in [1.807, 2.05) is 0 Å². The Hall–Kier alpha value is -0.980. The summed E-state index contributed by atoms with van der Waals surface area (Å²) in [4.78, 5) is -0.284. The maximum Gasteiger partial charge on any atom is 0.184 e. The number of rotatable bonds is 4. The minimum absolute atomic E-state index is 0.0336. The molecule has 0 amide bonds. The van der Waals surface area contributed by atoms with Gasteiger partial charge in [0.25, 0.3) is 0 Å². The predicted octanol–water partition coefficient (Wildman–Crippen LogP) is 0.754. The standard InChI is InChI=1S/C11H14FNO3S/c12-9-5-7(10(14)6-13)1-4-11(9)17(15,16)8-2-3-8/h1,4-5,8,10,14H,2-3,6,13H2. The number of halogens is 1. The summed E-state index contributed by atoms with van der Waals surface area (Å²) < 4.78 is 37.4. The molecule has 94 valence electrons. The minimum Gasteiger partial charge on any atom is -0.387 e. The lowest BCUT2D eigenvalue weighted by atomic mass is 10.1. The first-order valence-electron chi connectivity index (χ1n) is 5.38. The van der Waals surface area contributed by atoms with Crippen LogP contribution in [0.1, 0.15) is 24.5 Å². The summed E-state index contributed by atoms with van der Waals surface area (Å²) in [5.74, 6) is -0.818. The SMILES string of the molecule is NCC(O)c1ccc(S(=O)(=O)C2CC2)c(F)c1. The van der Waals surface area contributed by atoms with Gasteiger partial charge >= 0.3 is 0 Å². The number of nitrogens with two attached hydrogens (primary N) is 1. The van der Waals surface area contributed by atoms with Crippen LogP contribution in [-0.2, 0) is 9.84 Å². The number of benzene rings is 1. The second-order valence-electron chi connectivity index (χ2n) is 4.19. The number of sulfone groups is 1. The van der Waals surface area contributed by atoms with Gasteiger partial charge in [-0.25, -0.2) is 12.8 Å². The van der Waals surface area contributed by atoms with Crippen molar-refractivity contribution < 1.29 is 17.9 Å². The normalized spacial score (nSPS) is 18.1. The third kappa shape index (κ3) is 2.34. The van der Waals surface area contributed by atoms with Crippen LogP contribution in [0.2, 0.25) is 0 Å². The zero-order valence-electron chi connectivity index (χ0n) is 9.14. The maximum atomic E-state index is 13.7. The molecule has 3 N–H and O–H groups in total. The Balaban J connectivity index is 2.38. The lowest BCUT2D eigenvalue weighted by Crippen LogP contribution is -2.13. The third-order valence-corrected chi connectivity index (χ3v) is 5.13. The van der Waals surface area contributed by atoms with Gasteiger partial charge in [-0.05, 0) is 30.5 Å². The molecule has 0 saturated heterocycles. The Labute approximate surface area is 99.2 Å². The van der Waals surface area contributed by atoms with Gasteiger partial charge in [-0.1, -0.05) is 6.07 Å². The summed E-state index contributed by atoms with van der Waals surface area (Å²) in [6.45, 7) is -0.0336. The largest absolute Gasteiger partial charge is 0.387 e. The quantitative estimate of drug-likeness (QED) is 0.836. The monoisotopic (exact) mass is 259 g/mol. The van der Waals surface area contributed by atoms with Crippen molar-refractivity contribution in [2.75, 3.05) is 6.54 Å². The second-order valence-corrected chi connectivity index (χ2v) is 6.38. The van der Waals surface area contributed by atoms with E-state index >= 15 is 0 Å². The first kappa shape index (κ1) is 12.5. The molecule has 0 aliphatic heterocycles. The molecule has 1 aliphatic rings. The lowest BCUT2D eigenvalue weighted by molar-refractivity contribution is 0.186. The van der Waals surface area contributed by atoms with Crippen LogP contribution < -0.4 is 5.73 Å². The van der Waals surface area contributed by atoms with Crippen LogP contribution in [0, 0.1) is 5.82 Å². The van der Waals surface area contributed by atoms with Gasteiger partial charge in [-0.3, -0.25) is 0 Å². The molecule has 1 fully saturated rings.